The normalized spacial score (nSPS) is 12.4. The molecule has 0 saturated carbocycles. The van der Waals surface area contributed by atoms with Gasteiger partial charge in [0.15, 0.2) is 6.61 Å². The summed E-state index contributed by atoms with van der Waals surface area (Å²) < 4.78 is 57.0. The lowest BCUT2D eigenvalue weighted by Crippen LogP contribution is -2.34. The molecule has 2 aromatic carbocycles. The average molecular weight is 579 g/mol. The maximum absolute atomic E-state index is 13.4. The van der Waals surface area contributed by atoms with Gasteiger partial charge in [-0.3, -0.25) is 18.8 Å². The minimum atomic E-state index is -4.58. The van der Waals surface area contributed by atoms with Gasteiger partial charge in [0, 0.05) is 66.7 Å². The Hall–Kier alpha value is -4.03. The number of alkyl halides is 3. The highest BCUT2D eigenvalue weighted by molar-refractivity contribution is 6.31. The van der Waals surface area contributed by atoms with Crippen molar-refractivity contribution in [2.24, 2.45) is 7.05 Å². The first-order valence-electron chi connectivity index (χ1n) is 12.0. The molecule has 212 valence electrons. The Kier molecular flexibility index (Phi) is 8.70. The van der Waals surface area contributed by atoms with Gasteiger partial charge in [0.1, 0.15) is 17.5 Å². The third-order valence-corrected chi connectivity index (χ3v) is 6.24. The Labute approximate surface area is 232 Å². The number of aromatic nitrogens is 3. The summed E-state index contributed by atoms with van der Waals surface area (Å²) in [5.41, 5.74) is 0.941. The Balaban J connectivity index is 1.71. The summed E-state index contributed by atoms with van der Waals surface area (Å²) in [6.07, 6.45) is -1.29. The van der Waals surface area contributed by atoms with Gasteiger partial charge in [-0.05, 0) is 36.4 Å². The van der Waals surface area contributed by atoms with Crippen molar-refractivity contribution in [3.63, 3.8) is 0 Å². The zero-order chi connectivity index (χ0) is 29.0. The maximum atomic E-state index is 13.4. The van der Waals surface area contributed by atoms with Crippen LogP contribution in [0.2, 0.25) is 5.02 Å². The molecular weight excluding hydrogens is 553 g/mol. The SMILES string of the molecule is COCCC(C(=O)Nc1ccc2nn(C)cc2c1)n1cc(OC)c(-c2cc(Cl)ccc2OCC(F)(F)F)cc1=O. The lowest BCUT2D eigenvalue weighted by Gasteiger charge is -2.22. The van der Waals surface area contributed by atoms with E-state index in [9.17, 15) is 22.8 Å². The Bertz CT molecular complexity index is 1580. The van der Waals surface area contributed by atoms with Crippen molar-refractivity contribution in [1.82, 2.24) is 14.3 Å². The zero-order valence-corrected chi connectivity index (χ0v) is 22.5. The van der Waals surface area contributed by atoms with Gasteiger partial charge in [-0.15, -0.1) is 0 Å². The molecule has 0 saturated heterocycles. The average Bonchev–Trinajstić information content (AvgIpc) is 3.27. The van der Waals surface area contributed by atoms with Gasteiger partial charge in [0.25, 0.3) is 5.56 Å². The van der Waals surface area contributed by atoms with E-state index in [-0.39, 0.29) is 40.7 Å². The number of carbonyl (C=O) groups excluding carboxylic acids is 1. The lowest BCUT2D eigenvalue weighted by molar-refractivity contribution is -0.153. The number of nitrogens with one attached hydrogen (secondary N) is 1. The second kappa shape index (κ2) is 12.0. The number of hydrogen-bond donors (Lipinski definition) is 1. The number of amides is 1. The second-order valence-electron chi connectivity index (χ2n) is 8.91. The summed E-state index contributed by atoms with van der Waals surface area (Å²) in [6.45, 7) is -1.37. The maximum Gasteiger partial charge on any atom is 0.422 e. The van der Waals surface area contributed by atoms with Gasteiger partial charge < -0.3 is 19.5 Å². The molecule has 0 fully saturated rings. The predicted octanol–water partition coefficient (Wildman–Crippen LogP) is 5.22. The van der Waals surface area contributed by atoms with Crippen molar-refractivity contribution in [3.8, 4) is 22.6 Å². The minimum absolute atomic E-state index is 0.116. The first-order valence-corrected chi connectivity index (χ1v) is 12.4. The monoisotopic (exact) mass is 578 g/mol. The molecule has 2 aromatic heterocycles. The first-order chi connectivity index (χ1) is 19.0. The number of rotatable bonds is 10. The summed E-state index contributed by atoms with van der Waals surface area (Å²) >= 11 is 6.11. The van der Waals surface area contributed by atoms with Crippen molar-refractivity contribution in [1.29, 1.82) is 0 Å². The summed E-state index contributed by atoms with van der Waals surface area (Å²) in [4.78, 5) is 26.8. The fourth-order valence-electron chi connectivity index (χ4n) is 4.22. The minimum Gasteiger partial charge on any atom is -0.495 e. The van der Waals surface area contributed by atoms with Gasteiger partial charge in [-0.1, -0.05) is 11.6 Å². The predicted molar refractivity (Wildman–Crippen MR) is 144 cm³/mol. The van der Waals surface area contributed by atoms with Gasteiger partial charge in [-0.2, -0.15) is 18.3 Å². The molecule has 4 rings (SSSR count). The summed E-state index contributed by atoms with van der Waals surface area (Å²) in [5.74, 6) is -0.503. The smallest absolute Gasteiger partial charge is 0.422 e. The number of benzene rings is 2. The fraction of sp³-hybridized carbons (Fsp3) is 0.296. The molecule has 0 bridgehead atoms. The van der Waals surface area contributed by atoms with Crippen LogP contribution in [0.5, 0.6) is 11.5 Å². The highest BCUT2D eigenvalue weighted by atomic mass is 35.5. The van der Waals surface area contributed by atoms with E-state index in [0.717, 1.165) is 10.9 Å². The summed E-state index contributed by atoms with van der Waals surface area (Å²) in [7, 11) is 4.60. The van der Waals surface area contributed by atoms with Crippen LogP contribution in [0, 0.1) is 0 Å². The van der Waals surface area contributed by atoms with Gasteiger partial charge in [0.2, 0.25) is 5.91 Å². The quantitative estimate of drug-likeness (QED) is 0.277. The van der Waals surface area contributed by atoms with Crippen LogP contribution in [0.4, 0.5) is 18.9 Å². The molecule has 1 unspecified atom stereocenters. The highest BCUT2D eigenvalue weighted by Crippen LogP contribution is 2.38. The molecule has 0 aliphatic heterocycles. The number of anilines is 1. The fourth-order valence-corrected chi connectivity index (χ4v) is 4.39. The van der Waals surface area contributed by atoms with E-state index in [4.69, 9.17) is 25.8 Å². The molecule has 9 nitrogen and oxygen atoms in total. The van der Waals surface area contributed by atoms with Crippen LogP contribution in [0.25, 0.3) is 22.0 Å². The van der Waals surface area contributed by atoms with Crippen LogP contribution in [-0.2, 0) is 16.6 Å². The van der Waals surface area contributed by atoms with Crippen LogP contribution >= 0.6 is 11.6 Å². The number of nitrogens with zero attached hydrogens (tertiary/aromatic N) is 3. The number of halogens is 4. The van der Waals surface area contributed by atoms with E-state index < -0.39 is 30.3 Å². The lowest BCUT2D eigenvalue weighted by atomic mass is 10.0. The van der Waals surface area contributed by atoms with Crippen LogP contribution in [0.1, 0.15) is 12.5 Å². The largest absolute Gasteiger partial charge is 0.495 e. The Morgan fingerprint density at radius 2 is 1.82 bits per heavy atom. The second-order valence-corrected chi connectivity index (χ2v) is 9.34. The number of pyridine rings is 1. The third kappa shape index (κ3) is 6.75. The van der Waals surface area contributed by atoms with Gasteiger partial charge >= 0.3 is 6.18 Å². The number of aryl methyl sites for hydroxylation is 1. The molecule has 0 aliphatic rings. The van der Waals surface area contributed by atoms with Gasteiger partial charge in [0.05, 0.1) is 18.8 Å². The molecular formula is C27H26ClF3N4O5. The van der Waals surface area contributed by atoms with E-state index in [1.807, 2.05) is 6.20 Å². The van der Waals surface area contributed by atoms with Crippen LogP contribution < -0.4 is 20.3 Å². The topological polar surface area (TPSA) is 96.6 Å². The highest BCUT2D eigenvalue weighted by Gasteiger charge is 2.29. The van der Waals surface area contributed by atoms with Crippen molar-refractivity contribution in [3.05, 3.63) is 70.2 Å². The number of methoxy groups -OCH3 is 2. The molecule has 4 aromatic rings. The van der Waals surface area contributed by atoms with Crippen molar-refractivity contribution in [2.45, 2.75) is 18.6 Å². The summed E-state index contributed by atoms with van der Waals surface area (Å²) in [6, 6.07) is 9.43. The van der Waals surface area contributed by atoms with Crippen LogP contribution in [0.3, 0.4) is 0 Å². The van der Waals surface area contributed by atoms with E-state index >= 15 is 0 Å². The third-order valence-electron chi connectivity index (χ3n) is 6.01. The summed E-state index contributed by atoms with van der Waals surface area (Å²) in [5, 5.41) is 8.18. The number of ether oxygens (including phenoxy) is 3. The van der Waals surface area contributed by atoms with E-state index in [0.29, 0.717) is 5.69 Å². The van der Waals surface area contributed by atoms with E-state index in [1.165, 1.54) is 49.2 Å². The van der Waals surface area contributed by atoms with Gasteiger partial charge in [-0.25, -0.2) is 0 Å². The standard InChI is InChI=1S/C27H26ClF3N4O5/c1-34-13-16-10-18(5-6-21(16)33-34)32-26(37)22(8-9-38-2)35-14-24(39-3)20(12-25(35)36)19-11-17(28)4-7-23(19)40-15-27(29,30)31/h4-7,10-14,22H,8-9,15H2,1-3H3,(H,32,37). The van der Waals surface area contributed by atoms with Crippen molar-refractivity contribution < 1.29 is 32.2 Å². The zero-order valence-electron chi connectivity index (χ0n) is 21.8. The molecule has 1 amide bonds. The molecule has 0 spiro atoms. The Morgan fingerprint density at radius 3 is 2.52 bits per heavy atom. The number of fused-ring (bicyclic) bond motifs is 1. The Morgan fingerprint density at radius 1 is 1.07 bits per heavy atom. The molecule has 13 heteroatoms. The van der Waals surface area contributed by atoms with Crippen molar-refractivity contribution in [2.75, 3.05) is 32.8 Å². The molecule has 0 aliphatic carbocycles. The van der Waals surface area contributed by atoms with E-state index in [1.54, 1.807) is 29.9 Å². The molecule has 0 radical (unpaired) electrons. The number of hydrogen-bond acceptors (Lipinski definition) is 6. The molecule has 40 heavy (non-hydrogen) atoms. The van der Waals surface area contributed by atoms with Crippen LogP contribution in [-0.4, -0.2) is 53.9 Å². The molecule has 1 N–H and O–H groups in total. The first kappa shape index (κ1) is 29.0. The number of carbonyl (C=O) groups is 1. The molecule has 2 heterocycles. The molecule has 1 atom stereocenters. The van der Waals surface area contributed by atoms with Crippen LogP contribution in [0.15, 0.2) is 59.7 Å². The van der Waals surface area contributed by atoms with E-state index in [2.05, 4.69) is 10.4 Å². The van der Waals surface area contributed by atoms with Crippen molar-refractivity contribution >= 4 is 34.1 Å².